The Bertz CT molecular complexity index is 804. The molecule has 0 radical (unpaired) electrons. The van der Waals surface area contributed by atoms with Gasteiger partial charge in [0.2, 0.25) is 6.29 Å². The molecule has 1 aliphatic rings. The first-order valence-electron chi connectivity index (χ1n) is 9.32. The van der Waals surface area contributed by atoms with Crippen molar-refractivity contribution in [2.75, 3.05) is 6.61 Å². The summed E-state index contributed by atoms with van der Waals surface area (Å²) >= 11 is 0. The van der Waals surface area contributed by atoms with Gasteiger partial charge in [-0.05, 0) is 0 Å². The van der Waals surface area contributed by atoms with Gasteiger partial charge in [0.05, 0.1) is 0 Å². The molecule has 1 aliphatic heterocycles. The lowest BCUT2D eigenvalue weighted by Crippen LogP contribution is -2.65. The molecule has 1 heterocycles. The third-order valence-corrected chi connectivity index (χ3v) is 4.30. The molecule has 0 saturated carbocycles. The van der Waals surface area contributed by atoms with Gasteiger partial charge in [-0.3, -0.25) is 28.5 Å². The van der Waals surface area contributed by atoms with Crippen molar-refractivity contribution in [3.63, 3.8) is 0 Å². The highest BCUT2D eigenvalue weighted by atomic mass is 31.2. The molecular formula is C17H25O15P. The molecule has 188 valence electrons. The summed E-state index contributed by atoms with van der Waals surface area (Å²) in [6.45, 7) is 4.28. The number of hydrogen-bond donors (Lipinski definition) is 2. The van der Waals surface area contributed by atoms with Crippen LogP contribution in [0, 0.1) is 0 Å². The second-order valence-electron chi connectivity index (χ2n) is 6.74. The van der Waals surface area contributed by atoms with E-state index in [2.05, 4.69) is 4.52 Å². The van der Waals surface area contributed by atoms with Crippen molar-refractivity contribution < 1.29 is 71.3 Å². The Morgan fingerprint density at radius 2 is 1.27 bits per heavy atom. The van der Waals surface area contributed by atoms with Crippen LogP contribution in [0.1, 0.15) is 34.6 Å². The highest BCUT2D eigenvalue weighted by Gasteiger charge is 2.56. The first-order valence-corrected chi connectivity index (χ1v) is 10.9. The van der Waals surface area contributed by atoms with E-state index in [0.29, 0.717) is 0 Å². The summed E-state index contributed by atoms with van der Waals surface area (Å²) in [6, 6.07) is 0. The highest BCUT2D eigenvalue weighted by Crippen LogP contribution is 2.42. The van der Waals surface area contributed by atoms with Gasteiger partial charge >= 0.3 is 37.7 Å². The van der Waals surface area contributed by atoms with Crippen LogP contribution >= 0.6 is 7.82 Å². The molecule has 0 unspecified atom stereocenters. The third-order valence-electron chi connectivity index (χ3n) is 3.81. The van der Waals surface area contributed by atoms with Crippen molar-refractivity contribution >= 4 is 37.7 Å². The maximum Gasteiger partial charge on any atom is 0.472 e. The number of rotatable bonds is 9. The molecule has 15 nitrogen and oxygen atoms in total. The molecular weight excluding hydrogens is 475 g/mol. The molecule has 6 atom stereocenters. The average molecular weight is 500 g/mol. The Morgan fingerprint density at radius 1 is 0.788 bits per heavy atom. The largest absolute Gasteiger partial charge is 0.472 e. The maximum absolute atomic E-state index is 11.8. The zero-order valence-corrected chi connectivity index (χ0v) is 19.2. The van der Waals surface area contributed by atoms with Gasteiger partial charge in [-0.25, -0.2) is 4.57 Å². The summed E-state index contributed by atoms with van der Waals surface area (Å²) in [5, 5.41) is 0. The zero-order chi connectivity index (χ0) is 25.5. The monoisotopic (exact) mass is 500 g/mol. The summed E-state index contributed by atoms with van der Waals surface area (Å²) in [7, 11) is -5.30. The average Bonchev–Trinajstić information content (AvgIpc) is 2.60. The van der Waals surface area contributed by atoms with E-state index in [4.69, 9.17) is 28.4 Å². The molecule has 0 aromatic rings. The van der Waals surface area contributed by atoms with Crippen molar-refractivity contribution in [2.24, 2.45) is 0 Å². The Labute approximate surface area is 187 Å². The lowest BCUT2D eigenvalue weighted by Gasteiger charge is -2.45. The van der Waals surface area contributed by atoms with Crippen LogP contribution < -0.4 is 0 Å². The van der Waals surface area contributed by atoms with E-state index in [1.165, 1.54) is 0 Å². The fraction of sp³-hybridized carbons (Fsp3) is 0.706. The van der Waals surface area contributed by atoms with E-state index < -0.39 is 81.1 Å². The highest BCUT2D eigenvalue weighted by molar-refractivity contribution is 7.46. The van der Waals surface area contributed by atoms with Crippen molar-refractivity contribution in [1.82, 2.24) is 0 Å². The third kappa shape index (κ3) is 9.84. The van der Waals surface area contributed by atoms with E-state index in [-0.39, 0.29) is 0 Å². The molecule has 0 amide bonds. The van der Waals surface area contributed by atoms with Gasteiger partial charge in [-0.2, -0.15) is 0 Å². The van der Waals surface area contributed by atoms with Gasteiger partial charge in [-0.15, -0.1) is 0 Å². The second-order valence-corrected chi connectivity index (χ2v) is 7.93. The van der Waals surface area contributed by atoms with Crippen LogP contribution in [0.2, 0.25) is 0 Å². The molecule has 1 saturated heterocycles. The SMILES string of the molecule is CC(=O)OC[C@@H](OC(C)=O)[C@H]1O[C@@H](OP(=O)(O)O)[C@@H](OC(C)=O)[C@@H](OC(C)=O)[C@@H]1OC(C)=O. The Morgan fingerprint density at radius 3 is 1.70 bits per heavy atom. The standard InChI is InChI=1S/C17H25O15P/c1-7(18)26-6-12(27-8(2)19)13-14(28-9(3)20)15(29-10(4)21)16(30-11(5)22)17(31-13)32-33(23,24)25/h12-17H,6H2,1-5H3,(H2,23,24,25)/t12-,13-,14-,15+,16+,17+/m1/s1. The van der Waals surface area contributed by atoms with Crippen LogP contribution in [0.3, 0.4) is 0 Å². The molecule has 0 bridgehead atoms. The number of hydrogen-bond acceptors (Lipinski definition) is 13. The number of ether oxygens (including phenoxy) is 6. The summed E-state index contributed by atoms with van der Waals surface area (Å²) in [5.41, 5.74) is 0. The van der Waals surface area contributed by atoms with E-state index in [0.717, 1.165) is 34.6 Å². The molecule has 0 aromatic carbocycles. The predicted molar refractivity (Wildman–Crippen MR) is 101 cm³/mol. The predicted octanol–water partition coefficient (Wildman–Crippen LogP) is -0.889. The molecule has 0 aromatic heterocycles. The number of phosphoric ester groups is 1. The van der Waals surface area contributed by atoms with Gasteiger partial charge in [0.1, 0.15) is 12.7 Å². The van der Waals surface area contributed by atoms with Crippen LogP contribution in [0.4, 0.5) is 0 Å². The zero-order valence-electron chi connectivity index (χ0n) is 18.3. The molecule has 1 rings (SSSR count). The maximum atomic E-state index is 11.8. The second kappa shape index (κ2) is 12.0. The summed E-state index contributed by atoms with van der Waals surface area (Å²) in [5.74, 6) is -4.57. The minimum absolute atomic E-state index is 0.648. The minimum Gasteiger partial charge on any atom is -0.462 e. The Hall–Kier alpha value is -2.58. The number of carbonyl (C=O) groups excluding carboxylic acids is 5. The van der Waals surface area contributed by atoms with Gasteiger partial charge in [-0.1, -0.05) is 0 Å². The fourth-order valence-electron chi connectivity index (χ4n) is 2.93. The number of esters is 5. The smallest absolute Gasteiger partial charge is 0.462 e. The molecule has 1 fully saturated rings. The van der Waals surface area contributed by atoms with Crippen molar-refractivity contribution in [3.8, 4) is 0 Å². The normalized spacial score (nSPS) is 25.8. The summed E-state index contributed by atoms with van der Waals surface area (Å²) in [4.78, 5) is 76.5. The van der Waals surface area contributed by atoms with E-state index in [1.807, 2.05) is 0 Å². The minimum atomic E-state index is -5.30. The lowest BCUT2D eigenvalue weighted by molar-refractivity contribution is -0.302. The van der Waals surface area contributed by atoms with Crippen molar-refractivity contribution in [3.05, 3.63) is 0 Å². The van der Waals surface area contributed by atoms with Crippen molar-refractivity contribution in [1.29, 1.82) is 0 Å². The topological polar surface area (TPSA) is 207 Å². The molecule has 33 heavy (non-hydrogen) atoms. The van der Waals surface area contributed by atoms with Gasteiger partial charge < -0.3 is 38.2 Å². The van der Waals surface area contributed by atoms with E-state index in [9.17, 15) is 38.3 Å². The van der Waals surface area contributed by atoms with Crippen LogP contribution in [-0.2, 0) is 61.5 Å². The molecule has 0 spiro atoms. The van der Waals surface area contributed by atoms with Crippen LogP contribution in [0.5, 0.6) is 0 Å². The van der Waals surface area contributed by atoms with Crippen LogP contribution in [0.25, 0.3) is 0 Å². The van der Waals surface area contributed by atoms with Crippen molar-refractivity contribution in [2.45, 2.75) is 71.4 Å². The summed E-state index contributed by atoms with van der Waals surface area (Å²) in [6.07, 6.45) is -10.5. The van der Waals surface area contributed by atoms with E-state index >= 15 is 0 Å². The van der Waals surface area contributed by atoms with Gasteiger partial charge in [0, 0.05) is 34.6 Å². The molecule has 0 aliphatic carbocycles. The molecule has 16 heteroatoms. The number of carbonyl (C=O) groups is 5. The summed E-state index contributed by atoms with van der Waals surface area (Å²) < 4.78 is 46.7. The van der Waals surface area contributed by atoms with Gasteiger partial charge in [0.25, 0.3) is 0 Å². The van der Waals surface area contributed by atoms with Crippen LogP contribution in [0.15, 0.2) is 0 Å². The fourth-order valence-corrected chi connectivity index (χ4v) is 3.37. The van der Waals surface area contributed by atoms with Gasteiger partial charge in [0.15, 0.2) is 24.4 Å². The first kappa shape index (κ1) is 28.5. The molecule has 2 N–H and O–H groups in total. The Kier molecular flexibility index (Phi) is 10.4. The first-order chi connectivity index (χ1) is 15.1. The van der Waals surface area contributed by atoms with E-state index in [1.54, 1.807) is 0 Å². The lowest BCUT2D eigenvalue weighted by atomic mass is 9.94. The van der Waals surface area contributed by atoms with Crippen LogP contribution in [-0.4, -0.2) is 83.1 Å². The number of phosphoric acid groups is 1. The quantitative estimate of drug-likeness (QED) is 0.224. The Balaban J connectivity index is 3.58.